The van der Waals surface area contributed by atoms with Crippen molar-refractivity contribution >= 4 is 56.6 Å². The molecule has 186 valence electrons. The van der Waals surface area contributed by atoms with E-state index in [1.54, 1.807) is 18.2 Å². The number of para-hydroxylation sites is 1. The highest BCUT2D eigenvalue weighted by Gasteiger charge is 2.22. The van der Waals surface area contributed by atoms with E-state index in [4.69, 9.17) is 23.2 Å². The maximum atomic E-state index is 12.7. The molecule has 36 heavy (non-hydrogen) atoms. The molecule has 1 N–H and O–H groups in total. The maximum absolute atomic E-state index is 12.7. The Labute approximate surface area is 223 Å². The molecule has 4 aromatic rings. The lowest BCUT2D eigenvalue weighted by molar-refractivity contribution is -0.113. The van der Waals surface area contributed by atoms with Gasteiger partial charge in [0.05, 0.1) is 10.8 Å². The van der Waals surface area contributed by atoms with Gasteiger partial charge in [-0.3, -0.25) is 9.36 Å². The van der Waals surface area contributed by atoms with Crippen molar-refractivity contribution in [2.45, 2.75) is 10.1 Å². The first kappa shape index (κ1) is 26.2. The van der Waals surface area contributed by atoms with Crippen LogP contribution >= 0.6 is 35.0 Å². The molecule has 0 bridgehead atoms. The minimum absolute atomic E-state index is 0.0178. The summed E-state index contributed by atoms with van der Waals surface area (Å²) in [5, 5.41) is 12.6. The van der Waals surface area contributed by atoms with Gasteiger partial charge in [0.2, 0.25) is 15.9 Å². The Hall–Kier alpha value is -2.89. The van der Waals surface area contributed by atoms with Gasteiger partial charge in [0, 0.05) is 36.1 Å². The summed E-state index contributed by atoms with van der Waals surface area (Å²) in [6.45, 7) is 0. The molecule has 0 saturated heterocycles. The summed E-state index contributed by atoms with van der Waals surface area (Å²) >= 11 is 13.3. The Balaban J connectivity index is 1.56. The third-order valence-corrected chi connectivity index (χ3v) is 8.53. The van der Waals surface area contributed by atoms with E-state index < -0.39 is 10.0 Å². The molecule has 1 amide bonds. The Bertz CT molecular complexity index is 1490. The Morgan fingerprint density at radius 2 is 1.69 bits per heavy atom. The average molecular weight is 563 g/mol. The second-order valence-electron chi connectivity index (χ2n) is 7.75. The number of carbonyl (C=O) groups is 1. The molecule has 0 unspecified atom stereocenters. The summed E-state index contributed by atoms with van der Waals surface area (Å²) in [6.07, 6.45) is 0. The van der Waals surface area contributed by atoms with Crippen molar-refractivity contribution < 1.29 is 13.2 Å². The molecular weight excluding hydrogens is 541 g/mol. The van der Waals surface area contributed by atoms with Crippen LogP contribution in [0.2, 0.25) is 10.0 Å². The van der Waals surface area contributed by atoms with Gasteiger partial charge in [-0.15, -0.1) is 10.2 Å². The van der Waals surface area contributed by atoms with Crippen molar-refractivity contribution in [2.24, 2.45) is 0 Å². The van der Waals surface area contributed by atoms with E-state index in [0.717, 1.165) is 15.6 Å². The number of anilines is 1. The lowest BCUT2D eigenvalue weighted by Crippen LogP contribution is -2.23. The SMILES string of the molecule is CN(C)S(=O)(=O)c1cc(NC(=O)CSc2nnc(-c3ccc(Cl)cc3)n2-c2ccccc2)ccc1Cl. The zero-order chi connectivity index (χ0) is 25.9. The third kappa shape index (κ3) is 5.74. The van der Waals surface area contributed by atoms with Gasteiger partial charge in [-0.2, -0.15) is 0 Å². The van der Waals surface area contributed by atoms with Gasteiger partial charge >= 0.3 is 0 Å². The van der Waals surface area contributed by atoms with Crippen molar-refractivity contribution in [1.82, 2.24) is 19.1 Å². The Morgan fingerprint density at radius 3 is 2.36 bits per heavy atom. The number of amides is 1. The largest absolute Gasteiger partial charge is 0.325 e. The highest BCUT2D eigenvalue weighted by atomic mass is 35.5. The number of hydrogen-bond acceptors (Lipinski definition) is 6. The summed E-state index contributed by atoms with van der Waals surface area (Å²) in [6, 6.07) is 21.1. The fourth-order valence-electron chi connectivity index (χ4n) is 3.26. The summed E-state index contributed by atoms with van der Waals surface area (Å²) in [5.74, 6) is 0.285. The molecular formula is C24H21Cl2N5O3S2. The van der Waals surface area contributed by atoms with E-state index in [2.05, 4.69) is 15.5 Å². The molecule has 0 radical (unpaired) electrons. The first-order chi connectivity index (χ1) is 17.2. The number of rotatable bonds is 8. The normalized spacial score (nSPS) is 11.6. The number of aromatic nitrogens is 3. The Morgan fingerprint density at radius 1 is 1.00 bits per heavy atom. The molecule has 4 rings (SSSR count). The molecule has 0 aliphatic carbocycles. The number of hydrogen-bond donors (Lipinski definition) is 1. The number of thioether (sulfide) groups is 1. The van der Waals surface area contributed by atoms with Gasteiger partial charge in [0.1, 0.15) is 4.90 Å². The molecule has 0 aliphatic rings. The molecule has 0 spiro atoms. The predicted molar refractivity (Wildman–Crippen MR) is 143 cm³/mol. The van der Waals surface area contributed by atoms with Crippen LogP contribution < -0.4 is 5.32 Å². The standard InChI is InChI=1S/C24H21Cl2N5O3S2/c1-30(2)36(33,34)21-14-18(12-13-20(21)26)27-22(32)15-35-24-29-28-23(16-8-10-17(25)11-9-16)31(24)19-6-4-3-5-7-19/h3-14H,15H2,1-2H3,(H,27,32). The zero-order valence-electron chi connectivity index (χ0n) is 19.2. The van der Waals surface area contributed by atoms with Crippen molar-refractivity contribution in [1.29, 1.82) is 0 Å². The van der Waals surface area contributed by atoms with Gasteiger partial charge in [-0.1, -0.05) is 53.2 Å². The summed E-state index contributed by atoms with van der Waals surface area (Å²) in [5.41, 5.74) is 1.98. The van der Waals surface area contributed by atoms with Crippen LogP contribution in [0.15, 0.2) is 82.8 Å². The molecule has 8 nitrogen and oxygen atoms in total. The fourth-order valence-corrected chi connectivity index (χ4v) is 5.53. The number of nitrogens with one attached hydrogen (secondary N) is 1. The molecule has 0 aliphatic heterocycles. The quantitative estimate of drug-likeness (QED) is 0.296. The minimum atomic E-state index is -3.77. The van der Waals surface area contributed by atoms with Crippen LogP contribution in [0.4, 0.5) is 5.69 Å². The van der Waals surface area contributed by atoms with E-state index in [1.807, 2.05) is 47.0 Å². The molecule has 1 heterocycles. The monoisotopic (exact) mass is 561 g/mol. The van der Waals surface area contributed by atoms with Crippen LogP contribution in [0.5, 0.6) is 0 Å². The Kier molecular flexibility index (Phi) is 8.01. The number of sulfonamides is 1. The van der Waals surface area contributed by atoms with Gasteiger partial charge in [0.15, 0.2) is 11.0 Å². The van der Waals surface area contributed by atoms with Gasteiger partial charge in [-0.25, -0.2) is 12.7 Å². The third-order valence-electron chi connectivity index (χ3n) is 5.06. The smallest absolute Gasteiger partial charge is 0.244 e. The second-order valence-corrected chi connectivity index (χ2v) is 11.7. The fraction of sp³-hybridized carbons (Fsp3) is 0.125. The van der Waals surface area contributed by atoms with E-state index in [-0.39, 0.29) is 21.6 Å². The van der Waals surface area contributed by atoms with Crippen LogP contribution in [0.1, 0.15) is 0 Å². The molecule has 1 aromatic heterocycles. The van der Waals surface area contributed by atoms with Crippen LogP contribution in [-0.2, 0) is 14.8 Å². The maximum Gasteiger partial charge on any atom is 0.244 e. The summed E-state index contributed by atoms with van der Waals surface area (Å²) < 4.78 is 27.9. The number of halogens is 2. The first-order valence-electron chi connectivity index (χ1n) is 10.6. The molecule has 3 aromatic carbocycles. The molecule has 0 fully saturated rings. The summed E-state index contributed by atoms with van der Waals surface area (Å²) in [4.78, 5) is 12.6. The molecule has 12 heteroatoms. The minimum Gasteiger partial charge on any atom is -0.325 e. The van der Waals surface area contributed by atoms with Crippen molar-refractivity contribution in [3.8, 4) is 17.1 Å². The first-order valence-corrected chi connectivity index (χ1v) is 13.8. The lowest BCUT2D eigenvalue weighted by atomic mass is 10.2. The number of nitrogens with zero attached hydrogens (tertiary/aromatic N) is 4. The van der Waals surface area contributed by atoms with Crippen LogP contribution in [-0.4, -0.2) is 53.2 Å². The zero-order valence-corrected chi connectivity index (χ0v) is 22.4. The van der Waals surface area contributed by atoms with Crippen molar-refractivity contribution in [2.75, 3.05) is 25.2 Å². The molecule has 0 saturated carbocycles. The van der Waals surface area contributed by atoms with Gasteiger partial charge in [-0.05, 0) is 54.6 Å². The van der Waals surface area contributed by atoms with Crippen LogP contribution in [0.3, 0.4) is 0 Å². The van der Waals surface area contributed by atoms with Crippen molar-refractivity contribution in [3.05, 3.63) is 82.8 Å². The van der Waals surface area contributed by atoms with Crippen molar-refractivity contribution in [3.63, 3.8) is 0 Å². The number of benzene rings is 3. The van der Waals surface area contributed by atoms with Gasteiger partial charge in [0.25, 0.3) is 0 Å². The highest BCUT2D eigenvalue weighted by Crippen LogP contribution is 2.30. The van der Waals surface area contributed by atoms with Crippen LogP contribution in [0.25, 0.3) is 17.1 Å². The second kappa shape index (κ2) is 11.0. The van der Waals surface area contributed by atoms with Crippen LogP contribution in [0, 0.1) is 0 Å². The topological polar surface area (TPSA) is 97.2 Å². The molecule has 0 atom stereocenters. The lowest BCUT2D eigenvalue weighted by Gasteiger charge is -2.14. The van der Waals surface area contributed by atoms with E-state index in [1.165, 1.54) is 38.0 Å². The number of carbonyl (C=O) groups excluding carboxylic acids is 1. The van der Waals surface area contributed by atoms with Gasteiger partial charge < -0.3 is 5.32 Å². The average Bonchev–Trinajstić information content (AvgIpc) is 3.28. The van der Waals surface area contributed by atoms with E-state index in [0.29, 0.717) is 21.7 Å². The predicted octanol–water partition coefficient (Wildman–Crippen LogP) is 5.22. The van der Waals surface area contributed by atoms with E-state index in [9.17, 15) is 13.2 Å². The highest BCUT2D eigenvalue weighted by molar-refractivity contribution is 7.99. The summed E-state index contributed by atoms with van der Waals surface area (Å²) in [7, 11) is -0.946. The van der Waals surface area contributed by atoms with E-state index >= 15 is 0 Å².